The SMILES string of the molecule is C#Cc1ccc(Nc2ncnc3c2ncn3[C@H]2CC(O)[C@@H](CO)O2)cc1. The average Bonchev–Trinajstić information content (AvgIpc) is 3.26. The Morgan fingerprint density at radius 2 is 2.08 bits per heavy atom. The third-order valence-corrected chi connectivity index (χ3v) is 4.37. The van der Waals surface area contributed by atoms with Crippen molar-refractivity contribution < 1.29 is 14.9 Å². The first-order chi connectivity index (χ1) is 12.7. The molecule has 0 spiro atoms. The lowest BCUT2D eigenvalue weighted by molar-refractivity contribution is -0.0432. The molecule has 0 bridgehead atoms. The molecule has 1 fully saturated rings. The molecular formula is C18H17N5O3. The topological polar surface area (TPSA) is 105 Å². The Balaban J connectivity index is 1.64. The molecule has 0 aliphatic carbocycles. The largest absolute Gasteiger partial charge is 0.394 e. The van der Waals surface area contributed by atoms with Crippen molar-refractivity contribution in [3.8, 4) is 12.3 Å². The summed E-state index contributed by atoms with van der Waals surface area (Å²) in [4.78, 5) is 12.9. The van der Waals surface area contributed by atoms with Gasteiger partial charge in [-0.25, -0.2) is 15.0 Å². The number of nitrogens with one attached hydrogen (secondary N) is 1. The molecule has 4 rings (SSSR count). The fourth-order valence-corrected chi connectivity index (χ4v) is 2.99. The summed E-state index contributed by atoms with van der Waals surface area (Å²) in [7, 11) is 0. The van der Waals surface area contributed by atoms with Crippen LogP contribution in [0.2, 0.25) is 0 Å². The van der Waals surface area contributed by atoms with Gasteiger partial charge in [-0.2, -0.15) is 0 Å². The molecule has 8 nitrogen and oxygen atoms in total. The minimum Gasteiger partial charge on any atom is -0.394 e. The van der Waals surface area contributed by atoms with Crippen LogP contribution in [0.1, 0.15) is 18.2 Å². The number of aliphatic hydroxyl groups is 2. The summed E-state index contributed by atoms with van der Waals surface area (Å²) in [6, 6.07) is 7.40. The first-order valence-electron chi connectivity index (χ1n) is 8.15. The highest BCUT2D eigenvalue weighted by atomic mass is 16.5. The summed E-state index contributed by atoms with van der Waals surface area (Å²) >= 11 is 0. The summed E-state index contributed by atoms with van der Waals surface area (Å²) < 4.78 is 7.42. The number of hydrogen-bond acceptors (Lipinski definition) is 7. The second-order valence-corrected chi connectivity index (χ2v) is 6.01. The van der Waals surface area contributed by atoms with Crippen LogP contribution < -0.4 is 5.32 Å². The van der Waals surface area contributed by atoms with Gasteiger partial charge < -0.3 is 20.3 Å². The molecule has 3 N–H and O–H groups in total. The van der Waals surface area contributed by atoms with Crippen molar-refractivity contribution in [1.82, 2.24) is 19.5 Å². The van der Waals surface area contributed by atoms with E-state index in [9.17, 15) is 10.2 Å². The van der Waals surface area contributed by atoms with E-state index in [1.165, 1.54) is 6.33 Å². The summed E-state index contributed by atoms with van der Waals surface area (Å²) in [5.41, 5.74) is 2.78. The third kappa shape index (κ3) is 2.88. The van der Waals surface area contributed by atoms with E-state index in [1.807, 2.05) is 24.3 Å². The maximum absolute atomic E-state index is 9.94. The fourth-order valence-electron chi connectivity index (χ4n) is 2.99. The normalized spacial score (nSPS) is 22.4. The Kier molecular flexibility index (Phi) is 4.26. The highest BCUT2D eigenvalue weighted by Gasteiger charge is 2.35. The summed E-state index contributed by atoms with van der Waals surface area (Å²) in [6.07, 6.45) is 7.00. The molecule has 0 radical (unpaired) electrons. The lowest BCUT2D eigenvalue weighted by Gasteiger charge is -2.13. The van der Waals surface area contributed by atoms with Crippen molar-refractivity contribution in [1.29, 1.82) is 0 Å². The summed E-state index contributed by atoms with van der Waals surface area (Å²) in [6.45, 7) is -0.236. The average molecular weight is 351 g/mol. The van der Waals surface area contributed by atoms with E-state index in [-0.39, 0.29) is 6.61 Å². The standard InChI is InChI=1S/C18H17N5O3/c1-2-11-3-5-12(6-4-11)22-17-16-18(20-9-19-17)23(10-21-16)15-7-13(25)14(8-24)26-15/h1,3-6,9-10,13-15,24-25H,7-8H2,(H,19,20,22)/t13?,14-,15-/m1/s1. The van der Waals surface area contributed by atoms with Crippen LogP contribution in [0.4, 0.5) is 11.5 Å². The molecular weight excluding hydrogens is 334 g/mol. The van der Waals surface area contributed by atoms with Gasteiger partial charge >= 0.3 is 0 Å². The molecule has 0 amide bonds. The Bertz CT molecular complexity index is 963. The van der Waals surface area contributed by atoms with Gasteiger partial charge in [0.2, 0.25) is 0 Å². The van der Waals surface area contributed by atoms with Crippen LogP contribution in [0.25, 0.3) is 11.2 Å². The van der Waals surface area contributed by atoms with Gasteiger partial charge in [0, 0.05) is 17.7 Å². The quantitative estimate of drug-likeness (QED) is 0.606. The Labute approximate surface area is 149 Å². The molecule has 8 heteroatoms. The molecule has 1 saturated heterocycles. The van der Waals surface area contributed by atoms with Crippen LogP contribution in [0, 0.1) is 12.3 Å². The predicted molar refractivity (Wildman–Crippen MR) is 94.6 cm³/mol. The second-order valence-electron chi connectivity index (χ2n) is 6.01. The van der Waals surface area contributed by atoms with Crippen LogP contribution in [-0.2, 0) is 4.74 Å². The lowest BCUT2D eigenvalue weighted by atomic mass is 10.2. The van der Waals surface area contributed by atoms with Crippen molar-refractivity contribution >= 4 is 22.7 Å². The molecule has 1 aromatic carbocycles. The van der Waals surface area contributed by atoms with Gasteiger partial charge in [0.05, 0.1) is 19.0 Å². The van der Waals surface area contributed by atoms with Gasteiger partial charge in [-0.05, 0) is 24.3 Å². The number of anilines is 2. The first-order valence-corrected chi connectivity index (χ1v) is 8.15. The molecule has 1 aliphatic heterocycles. The van der Waals surface area contributed by atoms with Gasteiger partial charge in [0.25, 0.3) is 0 Å². The summed E-state index contributed by atoms with van der Waals surface area (Å²) in [5, 5.41) is 22.4. The van der Waals surface area contributed by atoms with Gasteiger partial charge in [0.1, 0.15) is 18.7 Å². The number of fused-ring (bicyclic) bond motifs is 1. The zero-order chi connectivity index (χ0) is 18.1. The van der Waals surface area contributed by atoms with Crippen molar-refractivity contribution in [3.05, 3.63) is 42.5 Å². The summed E-state index contributed by atoms with van der Waals surface area (Å²) in [5.74, 6) is 3.13. The van der Waals surface area contributed by atoms with E-state index in [4.69, 9.17) is 11.2 Å². The monoisotopic (exact) mass is 351 g/mol. The van der Waals surface area contributed by atoms with Crippen molar-refractivity contribution in [3.63, 3.8) is 0 Å². The Hall–Kier alpha value is -2.99. The van der Waals surface area contributed by atoms with E-state index >= 15 is 0 Å². The molecule has 26 heavy (non-hydrogen) atoms. The number of rotatable bonds is 4. The van der Waals surface area contributed by atoms with Crippen LogP contribution in [0.5, 0.6) is 0 Å². The molecule has 132 valence electrons. The smallest absolute Gasteiger partial charge is 0.167 e. The molecule has 1 aliphatic rings. The Morgan fingerprint density at radius 3 is 2.77 bits per heavy atom. The van der Waals surface area contributed by atoms with E-state index in [2.05, 4.69) is 26.2 Å². The van der Waals surface area contributed by atoms with Crippen molar-refractivity contribution in [2.24, 2.45) is 0 Å². The van der Waals surface area contributed by atoms with Crippen LogP contribution in [0.15, 0.2) is 36.9 Å². The Morgan fingerprint density at radius 1 is 1.27 bits per heavy atom. The molecule has 3 aromatic rings. The van der Waals surface area contributed by atoms with E-state index in [0.717, 1.165) is 11.3 Å². The zero-order valence-corrected chi connectivity index (χ0v) is 13.8. The minimum absolute atomic E-state index is 0.236. The van der Waals surface area contributed by atoms with Crippen LogP contribution >= 0.6 is 0 Å². The highest BCUT2D eigenvalue weighted by molar-refractivity contribution is 5.85. The number of aromatic nitrogens is 4. The van der Waals surface area contributed by atoms with Gasteiger partial charge in [-0.3, -0.25) is 4.57 Å². The van der Waals surface area contributed by atoms with Crippen LogP contribution in [-0.4, -0.2) is 48.5 Å². The number of benzene rings is 1. The molecule has 3 atom stereocenters. The van der Waals surface area contributed by atoms with E-state index in [0.29, 0.717) is 23.4 Å². The van der Waals surface area contributed by atoms with Gasteiger partial charge in [0.15, 0.2) is 17.0 Å². The van der Waals surface area contributed by atoms with E-state index in [1.54, 1.807) is 10.9 Å². The molecule has 3 heterocycles. The maximum atomic E-state index is 9.94. The number of ether oxygens (including phenoxy) is 1. The van der Waals surface area contributed by atoms with E-state index < -0.39 is 18.4 Å². The highest BCUT2D eigenvalue weighted by Crippen LogP contribution is 2.32. The number of imidazole rings is 1. The van der Waals surface area contributed by atoms with Gasteiger partial charge in [-0.15, -0.1) is 6.42 Å². The van der Waals surface area contributed by atoms with Crippen molar-refractivity contribution in [2.45, 2.75) is 24.9 Å². The lowest BCUT2D eigenvalue weighted by Crippen LogP contribution is -2.24. The number of nitrogens with zero attached hydrogens (tertiary/aromatic N) is 4. The van der Waals surface area contributed by atoms with Crippen LogP contribution in [0.3, 0.4) is 0 Å². The molecule has 0 saturated carbocycles. The predicted octanol–water partition coefficient (Wildman–Crippen LogP) is 1.19. The maximum Gasteiger partial charge on any atom is 0.167 e. The first kappa shape index (κ1) is 16.5. The minimum atomic E-state index is -0.725. The fraction of sp³-hybridized carbons (Fsp3) is 0.278. The zero-order valence-electron chi connectivity index (χ0n) is 13.8. The van der Waals surface area contributed by atoms with Crippen molar-refractivity contribution in [2.75, 3.05) is 11.9 Å². The second kappa shape index (κ2) is 6.72. The third-order valence-electron chi connectivity index (χ3n) is 4.37. The molecule has 2 aromatic heterocycles. The number of hydrogen-bond donors (Lipinski definition) is 3. The van der Waals surface area contributed by atoms with Gasteiger partial charge in [-0.1, -0.05) is 5.92 Å². The number of terminal acetylenes is 1. The number of aliphatic hydroxyl groups excluding tert-OH is 2. The molecule has 1 unspecified atom stereocenters.